The van der Waals surface area contributed by atoms with E-state index in [0.29, 0.717) is 5.92 Å². The Bertz CT molecular complexity index is 295. The van der Waals surface area contributed by atoms with Crippen molar-refractivity contribution in [3.05, 3.63) is 16.1 Å². The highest BCUT2D eigenvalue weighted by molar-refractivity contribution is 7.09. The van der Waals surface area contributed by atoms with Crippen molar-refractivity contribution < 1.29 is 0 Å². The third kappa shape index (κ3) is 4.09. The zero-order valence-electron chi connectivity index (χ0n) is 9.32. The standard InChI is InChI=1S/C11H18N2S.ClH/c1-8(2)11-13-10(7-14-11)6-12-5-9-3-4-9;/h7-9,12H,3-6H2,1-2H3;1H. The van der Waals surface area contributed by atoms with Crippen LogP contribution in [0.5, 0.6) is 0 Å². The minimum Gasteiger partial charge on any atom is -0.311 e. The van der Waals surface area contributed by atoms with Crippen LogP contribution in [-0.2, 0) is 6.54 Å². The third-order valence-electron chi connectivity index (χ3n) is 2.50. The average molecular weight is 247 g/mol. The van der Waals surface area contributed by atoms with E-state index in [9.17, 15) is 0 Å². The Morgan fingerprint density at radius 2 is 2.27 bits per heavy atom. The Kier molecular flexibility index (Phi) is 5.03. The third-order valence-corrected chi connectivity index (χ3v) is 3.69. The van der Waals surface area contributed by atoms with Crippen molar-refractivity contribution in [1.82, 2.24) is 10.3 Å². The summed E-state index contributed by atoms with van der Waals surface area (Å²) in [6.45, 7) is 6.51. The van der Waals surface area contributed by atoms with Crippen LogP contribution in [0.15, 0.2) is 5.38 Å². The Labute approximate surface area is 102 Å². The lowest BCUT2D eigenvalue weighted by Crippen LogP contribution is -2.16. The van der Waals surface area contributed by atoms with E-state index in [1.54, 1.807) is 11.3 Å². The predicted molar refractivity (Wildman–Crippen MR) is 67.9 cm³/mol. The van der Waals surface area contributed by atoms with Crippen molar-refractivity contribution in [3.63, 3.8) is 0 Å². The Morgan fingerprint density at radius 3 is 2.80 bits per heavy atom. The highest BCUT2D eigenvalue weighted by Crippen LogP contribution is 2.27. The van der Waals surface area contributed by atoms with Crippen LogP contribution in [0, 0.1) is 5.92 Å². The molecule has 1 aromatic rings. The monoisotopic (exact) mass is 246 g/mol. The van der Waals surface area contributed by atoms with Crippen molar-refractivity contribution in [3.8, 4) is 0 Å². The van der Waals surface area contributed by atoms with Gasteiger partial charge in [0, 0.05) is 17.8 Å². The molecule has 1 fully saturated rings. The fourth-order valence-corrected chi connectivity index (χ4v) is 2.23. The van der Waals surface area contributed by atoms with Crippen molar-refractivity contribution in [1.29, 1.82) is 0 Å². The second kappa shape index (κ2) is 5.83. The first-order valence-electron chi connectivity index (χ1n) is 5.40. The quantitative estimate of drug-likeness (QED) is 0.863. The van der Waals surface area contributed by atoms with E-state index in [1.807, 2.05) is 0 Å². The van der Waals surface area contributed by atoms with Crippen LogP contribution >= 0.6 is 23.7 Å². The van der Waals surface area contributed by atoms with Gasteiger partial charge in [-0.15, -0.1) is 23.7 Å². The van der Waals surface area contributed by atoms with E-state index in [4.69, 9.17) is 0 Å². The van der Waals surface area contributed by atoms with Gasteiger partial charge in [0.05, 0.1) is 10.7 Å². The Hall–Kier alpha value is -0.120. The lowest BCUT2D eigenvalue weighted by Gasteiger charge is -2.00. The smallest absolute Gasteiger partial charge is 0.0954 e. The van der Waals surface area contributed by atoms with Crippen LogP contribution in [0.1, 0.15) is 43.3 Å². The Morgan fingerprint density at radius 1 is 1.53 bits per heavy atom. The molecule has 0 atom stereocenters. The molecule has 15 heavy (non-hydrogen) atoms. The summed E-state index contributed by atoms with van der Waals surface area (Å²) >= 11 is 1.78. The molecule has 86 valence electrons. The van der Waals surface area contributed by atoms with Gasteiger partial charge in [-0.2, -0.15) is 0 Å². The predicted octanol–water partition coefficient (Wildman–Crippen LogP) is 3.19. The van der Waals surface area contributed by atoms with Gasteiger partial charge in [0.2, 0.25) is 0 Å². The lowest BCUT2D eigenvalue weighted by molar-refractivity contribution is 0.630. The number of nitrogens with one attached hydrogen (secondary N) is 1. The van der Waals surface area contributed by atoms with Crippen LogP contribution < -0.4 is 5.32 Å². The largest absolute Gasteiger partial charge is 0.311 e. The molecule has 0 bridgehead atoms. The zero-order valence-corrected chi connectivity index (χ0v) is 11.0. The molecule has 1 aliphatic rings. The summed E-state index contributed by atoms with van der Waals surface area (Å²) in [6, 6.07) is 0. The topological polar surface area (TPSA) is 24.9 Å². The average Bonchev–Trinajstić information content (AvgIpc) is 2.82. The van der Waals surface area contributed by atoms with Gasteiger partial charge in [-0.25, -0.2) is 4.98 Å². The zero-order chi connectivity index (χ0) is 9.97. The lowest BCUT2D eigenvalue weighted by atomic mass is 10.2. The van der Waals surface area contributed by atoms with Gasteiger partial charge in [0.1, 0.15) is 0 Å². The van der Waals surface area contributed by atoms with Crippen molar-refractivity contribution in [2.75, 3.05) is 6.54 Å². The first-order valence-corrected chi connectivity index (χ1v) is 6.28. The van der Waals surface area contributed by atoms with Gasteiger partial charge in [-0.1, -0.05) is 13.8 Å². The molecule has 1 N–H and O–H groups in total. The molecule has 4 heteroatoms. The van der Waals surface area contributed by atoms with Crippen LogP contribution in [0.3, 0.4) is 0 Å². The van der Waals surface area contributed by atoms with Crippen molar-refractivity contribution in [2.45, 2.75) is 39.2 Å². The molecule has 0 unspecified atom stereocenters. The molecule has 1 aromatic heterocycles. The fourth-order valence-electron chi connectivity index (χ4n) is 1.40. The van der Waals surface area contributed by atoms with Gasteiger partial charge >= 0.3 is 0 Å². The molecule has 2 rings (SSSR count). The van der Waals surface area contributed by atoms with Crippen LogP contribution in [0.25, 0.3) is 0 Å². The van der Waals surface area contributed by atoms with Crippen molar-refractivity contribution >= 4 is 23.7 Å². The molecule has 0 saturated heterocycles. The highest BCUT2D eigenvalue weighted by Gasteiger charge is 2.20. The number of hydrogen-bond donors (Lipinski definition) is 1. The maximum atomic E-state index is 4.58. The van der Waals surface area contributed by atoms with Gasteiger partial charge in [0.25, 0.3) is 0 Å². The number of nitrogens with zero attached hydrogens (tertiary/aromatic N) is 1. The summed E-state index contributed by atoms with van der Waals surface area (Å²) in [5.74, 6) is 1.52. The van der Waals surface area contributed by atoms with E-state index in [0.717, 1.165) is 12.5 Å². The summed E-state index contributed by atoms with van der Waals surface area (Å²) in [7, 11) is 0. The number of hydrogen-bond acceptors (Lipinski definition) is 3. The number of thiazole rings is 1. The second-order valence-corrected chi connectivity index (χ2v) is 5.30. The van der Waals surface area contributed by atoms with Gasteiger partial charge < -0.3 is 5.32 Å². The van der Waals surface area contributed by atoms with E-state index >= 15 is 0 Å². The van der Waals surface area contributed by atoms with Crippen molar-refractivity contribution in [2.24, 2.45) is 5.92 Å². The summed E-state index contributed by atoms with van der Waals surface area (Å²) in [4.78, 5) is 4.58. The van der Waals surface area contributed by atoms with E-state index in [2.05, 4.69) is 29.5 Å². The molecule has 0 amide bonds. The molecule has 2 nitrogen and oxygen atoms in total. The molecular formula is C11H19ClN2S. The maximum Gasteiger partial charge on any atom is 0.0954 e. The summed E-state index contributed by atoms with van der Waals surface area (Å²) in [6.07, 6.45) is 2.84. The van der Waals surface area contributed by atoms with E-state index < -0.39 is 0 Å². The van der Waals surface area contributed by atoms with Gasteiger partial charge in [-0.3, -0.25) is 0 Å². The molecule has 1 heterocycles. The highest BCUT2D eigenvalue weighted by atomic mass is 35.5. The fraction of sp³-hybridized carbons (Fsp3) is 0.727. The maximum absolute atomic E-state index is 4.58. The summed E-state index contributed by atoms with van der Waals surface area (Å²) in [5, 5.41) is 6.89. The van der Waals surface area contributed by atoms with Crippen LogP contribution in [0.4, 0.5) is 0 Å². The molecule has 0 aliphatic heterocycles. The second-order valence-electron chi connectivity index (χ2n) is 4.41. The molecule has 0 radical (unpaired) electrons. The van der Waals surface area contributed by atoms with E-state index in [-0.39, 0.29) is 12.4 Å². The Balaban J connectivity index is 0.00000112. The molecule has 1 saturated carbocycles. The molecule has 0 spiro atoms. The molecular weight excluding hydrogens is 228 g/mol. The summed E-state index contributed by atoms with van der Waals surface area (Å²) in [5.41, 5.74) is 1.21. The molecule has 0 aromatic carbocycles. The normalized spacial score (nSPS) is 15.4. The minimum atomic E-state index is 0. The number of halogens is 1. The minimum absolute atomic E-state index is 0. The van der Waals surface area contributed by atoms with Crippen LogP contribution in [-0.4, -0.2) is 11.5 Å². The first kappa shape index (κ1) is 12.9. The number of rotatable bonds is 5. The van der Waals surface area contributed by atoms with Crippen LogP contribution in [0.2, 0.25) is 0 Å². The SMILES string of the molecule is CC(C)c1nc(CNCC2CC2)cs1.Cl. The summed E-state index contributed by atoms with van der Waals surface area (Å²) < 4.78 is 0. The first-order chi connectivity index (χ1) is 6.75. The molecule has 1 aliphatic carbocycles. The number of aromatic nitrogens is 1. The van der Waals surface area contributed by atoms with Gasteiger partial charge in [0.15, 0.2) is 0 Å². The van der Waals surface area contributed by atoms with E-state index in [1.165, 1.54) is 30.1 Å². The van der Waals surface area contributed by atoms with Gasteiger partial charge in [-0.05, 0) is 25.3 Å².